The SMILES string of the molecule is C#CC(C)(C)Nc1ccccc1[N+](=O)[O-]. The molecular weight excluding hydrogens is 192 g/mol. The van der Waals surface area contributed by atoms with E-state index in [0.29, 0.717) is 5.69 Å². The predicted octanol–water partition coefficient (Wildman–Crippen LogP) is 2.42. The van der Waals surface area contributed by atoms with Crippen molar-refractivity contribution >= 4 is 11.4 Å². The Morgan fingerprint density at radius 3 is 2.60 bits per heavy atom. The summed E-state index contributed by atoms with van der Waals surface area (Å²) in [5.41, 5.74) is -0.141. The van der Waals surface area contributed by atoms with Gasteiger partial charge in [-0.2, -0.15) is 0 Å². The van der Waals surface area contributed by atoms with Gasteiger partial charge in [-0.05, 0) is 19.9 Å². The number of nitrogens with one attached hydrogen (secondary N) is 1. The number of rotatable bonds is 3. The summed E-state index contributed by atoms with van der Waals surface area (Å²) in [6, 6.07) is 6.42. The molecule has 0 bridgehead atoms. The normalized spacial score (nSPS) is 10.5. The maximum atomic E-state index is 10.7. The van der Waals surface area contributed by atoms with Gasteiger partial charge in [-0.15, -0.1) is 6.42 Å². The summed E-state index contributed by atoms with van der Waals surface area (Å²) in [6.07, 6.45) is 5.30. The number of hydrogen-bond donors (Lipinski definition) is 1. The van der Waals surface area contributed by atoms with Gasteiger partial charge in [-0.1, -0.05) is 18.1 Å². The average molecular weight is 204 g/mol. The van der Waals surface area contributed by atoms with Crippen LogP contribution in [0.4, 0.5) is 11.4 Å². The molecule has 0 saturated heterocycles. The fourth-order valence-electron chi connectivity index (χ4n) is 1.11. The van der Waals surface area contributed by atoms with Crippen LogP contribution in [0.3, 0.4) is 0 Å². The van der Waals surface area contributed by atoms with Crippen molar-refractivity contribution in [2.24, 2.45) is 0 Å². The Morgan fingerprint density at radius 1 is 1.47 bits per heavy atom. The van der Waals surface area contributed by atoms with Crippen molar-refractivity contribution in [2.75, 3.05) is 5.32 Å². The molecule has 0 fully saturated rings. The first-order valence-corrected chi connectivity index (χ1v) is 4.45. The van der Waals surface area contributed by atoms with Crippen LogP contribution in [-0.2, 0) is 0 Å². The van der Waals surface area contributed by atoms with Gasteiger partial charge in [-0.25, -0.2) is 0 Å². The van der Waals surface area contributed by atoms with Crippen LogP contribution in [0.25, 0.3) is 0 Å². The summed E-state index contributed by atoms with van der Waals surface area (Å²) in [6.45, 7) is 3.56. The number of nitro benzene ring substituents is 1. The lowest BCUT2D eigenvalue weighted by Gasteiger charge is -2.20. The third-order valence-corrected chi connectivity index (χ3v) is 1.91. The molecule has 1 N–H and O–H groups in total. The van der Waals surface area contributed by atoms with Gasteiger partial charge in [0.15, 0.2) is 0 Å². The number of nitrogens with zero attached hydrogens (tertiary/aromatic N) is 1. The van der Waals surface area contributed by atoms with Crippen LogP contribution >= 0.6 is 0 Å². The van der Waals surface area contributed by atoms with E-state index in [-0.39, 0.29) is 5.69 Å². The first kappa shape index (κ1) is 11.1. The number of terminal acetylenes is 1. The maximum absolute atomic E-state index is 10.7. The second-order valence-corrected chi connectivity index (χ2v) is 3.67. The van der Waals surface area contributed by atoms with E-state index in [1.165, 1.54) is 6.07 Å². The molecule has 78 valence electrons. The number of anilines is 1. The second kappa shape index (κ2) is 4.01. The van der Waals surface area contributed by atoms with Crippen LogP contribution in [0.2, 0.25) is 0 Å². The Balaban J connectivity index is 3.06. The highest BCUT2D eigenvalue weighted by Gasteiger charge is 2.19. The molecule has 1 aromatic rings. The van der Waals surface area contributed by atoms with Crippen molar-refractivity contribution in [3.63, 3.8) is 0 Å². The lowest BCUT2D eigenvalue weighted by molar-refractivity contribution is -0.384. The Kier molecular flexibility index (Phi) is 2.96. The summed E-state index contributed by atoms with van der Waals surface area (Å²) >= 11 is 0. The molecule has 0 radical (unpaired) electrons. The van der Waals surface area contributed by atoms with Gasteiger partial charge in [0, 0.05) is 6.07 Å². The van der Waals surface area contributed by atoms with Crippen molar-refractivity contribution in [1.29, 1.82) is 0 Å². The molecule has 0 spiro atoms. The molecule has 4 nitrogen and oxygen atoms in total. The molecule has 0 atom stereocenters. The molecule has 0 aliphatic rings. The lowest BCUT2D eigenvalue weighted by atomic mass is 10.1. The van der Waals surface area contributed by atoms with Crippen molar-refractivity contribution in [3.8, 4) is 12.3 Å². The minimum Gasteiger partial charge on any atom is -0.364 e. The van der Waals surface area contributed by atoms with Gasteiger partial charge < -0.3 is 5.32 Å². The molecule has 0 aliphatic carbocycles. The van der Waals surface area contributed by atoms with Gasteiger partial charge >= 0.3 is 0 Å². The fraction of sp³-hybridized carbons (Fsp3) is 0.273. The molecule has 0 aromatic heterocycles. The first-order chi connectivity index (χ1) is 6.96. The molecule has 1 aromatic carbocycles. The number of benzene rings is 1. The fourth-order valence-corrected chi connectivity index (χ4v) is 1.11. The van der Waals surface area contributed by atoms with Crippen LogP contribution in [0.15, 0.2) is 24.3 Å². The highest BCUT2D eigenvalue weighted by atomic mass is 16.6. The number of nitro groups is 1. The quantitative estimate of drug-likeness (QED) is 0.467. The predicted molar refractivity (Wildman–Crippen MR) is 59.6 cm³/mol. The van der Waals surface area contributed by atoms with E-state index in [0.717, 1.165) is 0 Å². The standard InChI is InChI=1S/C11H12N2O2/c1-4-11(2,3)12-9-7-5-6-8-10(9)13(14)15/h1,5-8,12H,2-3H3. The third kappa shape index (κ3) is 2.71. The van der Waals surface area contributed by atoms with Crippen molar-refractivity contribution in [2.45, 2.75) is 19.4 Å². The number of hydrogen-bond acceptors (Lipinski definition) is 3. The molecule has 0 amide bonds. The van der Waals surface area contributed by atoms with Crippen molar-refractivity contribution in [1.82, 2.24) is 0 Å². The van der Waals surface area contributed by atoms with Gasteiger partial charge in [0.05, 0.1) is 10.5 Å². The smallest absolute Gasteiger partial charge is 0.292 e. The minimum absolute atomic E-state index is 0.0285. The van der Waals surface area contributed by atoms with Crippen LogP contribution < -0.4 is 5.32 Å². The second-order valence-electron chi connectivity index (χ2n) is 3.67. The molecule has 0 saturated carbocycles. The van der Waals surface area contributed by atoms with Crippen molar-refractivity contribution in [3.05, 3.63) is 34.4 Å². The lowest BCUT2D eigenvalue weighted by Crippen LogP contribution is -2.28. The van der Waals surface area contributed by atoms with E-state index in [2.05, 4.69) is 11.2 Å². The molecule has 4 heteroatoms. The highest BCUT2D eigenvalue weighted by Crippen LogP contribution is 2.25. The van der Waals surface area contributed by atoms with Crippen LogP contribution in [-0.4, -0.2) is 10.5 Å². The zero-order valence-corrected chi connectivity index (χ0v) is 8.65. The summed E-state index contributed by atoms with van der Waals surface area (Å²) in [5, 5.41) is 13.6. The van der Waals surface area contributed by atoms with Gasteiger partial charge in [-0.3, -0.25) is 10.1 Å². The van der Waals surface area contributed by atoms with E-state index in [1.807, 2.05) is 0 Å². The number of para-hydroxylation sites is 2. The van der Waals surface area contributed by atoms with Crippen molar-refractivity contribution < 1.29 is 4.92 Å². The first-order valence-electron chi connectivity index (χ1n) is 4.45. The Bertz CT molecular complexity index is 419. The van der Waals surface area contributed by atoms with Gasteiger partial charge in [0.2, 0.25) is 0 Å². The Hall–Kier alpha value is -2.02. The topological polar surface area (TPSA) is 55.2 Å². The Labute approximate surface area is 88.5 Å². The molecule has 0 aliphatic heterocycles. The summed E-state index contributed by atoms with van der Waals surface area (Å²) < 4.78 is 0. The molecule has 0 heterocycles. The van der Waals surface area contributed by atoms with E-state index in [9.17, 15) is 10.1 Å². The minimum atomic E-state index is -0.605. The third-order valence-electron chi connectivity index (χ3n) is 1.91. The molecular formula is C11H12N2O2. The highest BCUT2D eigenvalue weighted by molar-refractivity contribution is 5.63. The van der Waals surface area contributed by atoms with E-state index >= 15 is 0 Å². The van der Waals surface area contributed by atoms with E-state index in [1.54, 1.807) is 32.0 Å². The van der Waals surface area contributed by atoms with Crippen LogP contribution in [0.1, 0.15) is 13.8 Å². The molecule has 0 unspecified atom stereocenters. The zero-order chi connectivity index (χ0) is 11.5. The largest absolute Gasteiger partial charge is 0.364 e. The monoisotopic (exact) mass is 204 g/mol. The van der Waals surface area contributed by atoms with E-state index < -0.39 is 10.5 Å². The van der Waals surface area contributed by atoms with Gasteiger partial charge in [0.1, 0.15) is 5.69 Å². The maximum Gasteiger partial charge on any atom is 0.292 e. The van der Waals surface area contributed by atoms with E-state index in [4.69, 9.17) is 6.42 Å². The zero-order valence-electron chi connectivity index (χ0n) is 8.65. The van der Waals surface area contributed by atoms with Crippen LogP contribution in [0.5, 0.6) is 0 Å². The molecule has 1 rings (SSSR count). The summed E-state index contributed by atoms with van der Waals surface area (Å²) in [7, 11) is 0. The van der Waals surface area contributed by atoms with Crippen LogP contribution in [0, 0.1) is 22.5 Å². The Morgan fingerprint density at radius 2 is 2.07 bits per heavy atom. The molecule has 15 heavy (non-hydrogen) atoms. The van der Waals surface area contributed by atoms with Gasteiger partial charge in [0.25, 0.3) is 5.69 Å². The average Bonchev–Trinajstić information content (AvgIpc) is 2.18. The summed E-state index contributed by atoms with van der Waals surface area (Å²) in [5.74, 6) is 2.52. The summed E-state index contributed by atoms with van der Waals surface area (Å²) in [4.78, 5) is 10.3.